The highest BCUT2D eigenvalue weighted by atomic mass is 16.5. The number of ether oxygens (including phenoxy) is 1. The quantitative estimate of drug-likeness (QED) is 0.790. The van der Waals surface area contributed by atoms with Gasteiger partial charge in [-0.1, -0.05) is 0 Å². The van der Waals surface area contributed by atoms with Crippen LogP contribution in [0, 0.1) is 0 Å². The summed E-state index contributed by atoms with van der Waals surface area (Å²) < 4.78 is 5.86. The molecule has 1 aromatic heterocycles. The topological polar surface area (TPSA) is 55.2 Å². The largest absolute Gasteiger partial charge is 0.384 e. The van der Waals surface area contributed by atoms with Crippen molar-refractivity contribution < 1.29 is 9.84 Å². The van der Waals surface area contributed by atoms with E-state index in [-0.39, 0.29) is 11.7 Å². The van der Waals surface area contributed by atoms with Crippen LogP contribution in [0.1, 0.15) is 37.5 Å². The Kier molecular flexibility index (Phi) is 2.00. The summed E-state index contributed by atoms with van der Waals surface area (Å²) in [5.74, 6) is 0. The molecule has 0 aromatic carbocycles. The van der Waals surface area contributed by atoms with Gasteiger partial charge in [0.1, 0.15) is 6.10 Å². The molecule has 1 saturated carbocycles. The number of nitrogens with zero attached hydrogens (tertiary/aromatic N) is 2. The summed E-state index contributed by atoms with van der Waals surface area (Å²) in [4.78, 5) is 0. The van der Waals surface area contributed by atoms with Gasteiger partial charge in [0.05, 0.1) is 17.4 Å². The molecule has 2 aliphatic rings. The third-order valence-corrected chi connectivity index (χ3v) is 3.34. The van der Waals surface area contributed by atoms with Gasteiger partial charge in [0.15, 0.2) is 0 Å². The minimum Gasteiger partial charge on any atom is -0.384 e. The summed E-state index contributed by atoms with van der Waals surface area (Å²) in [6.07, 6.45) is 5.19. The predicted molar refractivity (Wildman–Crippen MR) is 53.1 cm³/mol. The Hall–Kier alpha value is -1.00. The Balaban J connectivity index is 1.73. The Bertz CT molecular complexity index is 351. The van der Waals surface area contributed by atoms with E-state index in [2.05, 4.69) is 10.2 Å². The van der Waals surface area contributed by atoms with Gasteiger partial charge in [-0.2, -0.15) is 10.2 Å². The fourth-order valence-corrected chi connectivity index (χ4v) is 2.24. The molecule has 80 valence electrons. The van der Waals surface area contributed by atoms with Gasteiger partial charge >= 0.3 is 0 Å². The molecule has 4 nitrogen and oxygen atoms in total. The fourth-order valence-electron chi connectivity index (χ4n) is 2.24. The summed E-state index contributed by atoms with van der Waals surface area (Å²) in [7, 11) is 0. The summed E-state index contributed by atoms with van der Waals surface area (Å²) >= 11 is 0. The normalized spacial score (nSPS) is 29.3. The molecular weight excluding hydrogens is 192 g/mol. The summed E-state index contributed by atoms with van der Waals surface area (Å²) in [6, 6.07) is 3.58. The molecule has 4 heteroatoms. The highest BCUT2D eigenvalue weighted by Gasteiger charge is 2.51. The van der Waals surface area contributed by atoms with E-state index in [1.54, 1.807) is 18.3 Å². The number of aliphatic hydroxyl groups is 1. The average Bonchev–Trinajstić information content (AvgIpc) is 2.90. The maximum absolute atomic E-state index is 10.1. The van der Waals surface area contributed by atoms with E-state index in [1.807, 2.05) is 0 Å². The lowest BCUT2D eigenvalue weighted by molar-refractivity contribution is -0.0475. The molecule has 1 aliphatic heterocycles. The van der Waals surface area contributed by atoms with Gasteiger partial charge in [-0.05, 0) is 37.8 Å². The highest BCUT2D eigenvalue weighted by Crippen LogP contribution is 2.51. The molecule has 1 aromatic rings. The fraction of sp³-hybridized carbons (Fsp3) is 0.636. The van der Waals surface area contributed by atoms with E-state index in [4.69, 9.17) is 4.74 Å². The molecule has 0 amide bonds. The van der Waals surface area contributed by atoms with Gasteiger partial charge < -0.3 is 9.84 Å². The van der Waals surface area contributed by atoms with Crippen molar-refractivity contribution in [2.24, 2.45) is 0 Å². The lowest BCUT2D eigenvalue weighted by Crippen LogP contribution is -2.21. The van der Waals surface area contributed by atoms with Crippen molar-refractivity contribution in [1.82, 2.24) is 10.2 Å². The molecule has 2 fully saturated rings. The van der Waals surface area contributed by atoms with Crippen LogP contribution in [0.5, 0.6) is 0 Å². The standard InChI is InChI=1S/C11H14N2O2/c14-10(8-2-1-7-12-13-8)9-3-4-11(15-9)5-6-11/h1-2,7,9-10,14H,3-6H2/t9-,10?/m0/s1. The summed E-state index contributed by atoms with van der Waals surface area (Å²) in [5, 5.41) is 17.7. The van der Waals surface area contributed by atoms with Gasteiger partial charge in [-0.15, -0.1) is 0 Å². The van der Waals surface area contributed by atoms with E-state index in [9.17, 15) is 5.11 Å². The molecule has 1 spiro atoms. The van der Waals surface area contributed by atoms with Crippen molar-refractivity contribution in [3.05, 3.63) is 24.0 Å². The maximum atomic E-state index is 10.1. The first-order chi connectivity index (χ1) is 7.29. The predicted octanol–water partition coefficient (Wildman–Crippen LogP) is 1.22. The zero-order chi connectivity index (χ0) is 10.3. The Morgan fingerprint density at radius 1 is 1.47 bits per heavy atom. The van der Waals surface area contributed by atoms with Crippen molar-refractivity contribution in [3.63, 3.8) is 0 Å². The minimum absolute atomic E-state index is 0.0933. The van der Waals surface area contributed by atoms with Crippen molar-refractivity contribution in [2.45, 2.75) is 43.5 Å². The number of hydrogen-bond acceptors (Lipinski definition) is 4. The van der Waals surface area contributed by atoms with Crippen LogP contribution in [-0.2, 0) is 4.74 Å². The Morgan fingerprint density at radius 3 is 2.93 bits per heavy atom. The van der Waals surface area contributed by atoms with Crippen LogP contribution in [0.3, 0.4) is 0 Å². The molecule has 1 saturated heterocycles. The molecular formula is C11H14N2O2. The molecule has 3 rings (SSSR count). The summed E-state index contributed by atoms with van der Waals surface area (Å²) in [6.45, 7) is 0. The van der Waals surface area contributed by atoms with E-state index in [1.165, 1.54) is 0 Å². The van der Waals surface area contributed by atoms with Crippen molar-refractivity contribution in [3.8, 4) is 0 Å². The first-order valence-corrected chi connectivity index (χ1v) is 5.43. The molecule has 1 unspecified atom stereocenters. The van der Waals surface area contributed by atoms with Crippen molar-refractivity contribution >= 4 is 0 Å². The van der Waals surface area contributed by atoms with E-state index in [0.717, 1.165) is 25.7 Å². The highest BCUT2D eigenvalue weighted by molar-refractivity contribution is 5.09. The third-order valence-electron chi connectivity index (χ3n) is 3.34. The molecule has 2 heterocycles. The molecule has 0 radical (unpaired) electrons. The maximum Gasteiger partial charge on any atom is 0.124 e. The van der Waals surface area contributed by atoms with Gasteiger partial charge in [0.25, 0.3) is 0 Å². The first-order valence-electron chi connectivity index (χ1n) is 5.43. The van der Waals surface area contributed by atoms with Gasteiger partial charge in [0, 0.05) is 6.20 Å². The van der Waals surface area contributed by atoms with E-state index in [0.29, 0.717) is 5.69 Å². The second-order valence-electron chi connectivity index (χ2n) is 4.47. The molecule has 0 bridgehead atoms. The van der Waals surface area contributed by atoms with Crippen LogP contribution < -0.4 is 0 Å². The molecule has 1 aliphatic carbocycles. The first kappa shape index (κ1) is 9.24. The van der Waals surface area contributed by atoms with Crippen LogP contribution in [-0.4, -0.2) is 27.0 Å². The van der Waals surface area contributed by atoms with Gasteiger partial charge in [-0.25, -0.2) is 0 Å². The number of rotatable bonds is 2. The van der Waals surface area contributed by atoms with E-state index >= 15 is 0 Å². The van der Waals surface area contributed by atoms with Crippen LogP contribution in [0.15, 0.2) is 18.3 Å². The number of aromatic nitrogens is 2. The second kappa shape index (κ2) is 3.25. The number of aliphatic hydroxyl groups excluding tert-OH is 1. The Labute approximate surface area is 88.3 Å². The third kappa shape index (κ3) is 1.64. The zero-order valence-electron chi connectivity index (χ0n) is 8.47. The van der Waals surface area contributed by atoms with E-state index < -0.39 is 6.10 Å². The molecule has 2 atom stereocenters. The Morgan fingerprint density at radius 2 is 2.33 bits per heavy atom. The summed E-state index contributed by atoms with van der Waals surface area (Å²) in [5.41, 5.74) is 0.730. The SMILES string of the molecule is OC(c1cccnn1)[C@@H]1CCC2(CC2)O1. The lowest BCUT2D eigenvalue weighted by Gasteiger charge is -2.17. The molecule has 1 N–H and O–H groups in total. The van der Waals surface area contributed by atoms with Gasteiger partial charge in [0.2, 0.25) is 0 Å². The lowest BCUT2D eigenvalue weighted by atomic mass is 10.1. The number of hydrogen-bond donors (Lipinski definition) is 1. The van der Waals surface area contributed by atoms with Crippen LogP contribution in [0.25, 0.3) is 0 Å². The monoisotopic (exact) mass is 206 g/mol. The van der Waals surface area contributed by atoms with Crippen LogP contribution in [0.4, 0.5) is 0 Å². The van der Waals surface area contributed by atoms with Gasteiger partial charge in [-0.3, -0.25) is 0 Å². The van der Waals surface area contributed by atoms with Crippen LogP contribution >= 0.6 is 0 Å². The zero-order valence-corrected chi connectivity index (χ0v) is 8.47. The van der Waals surface area contributed by atoms with Crippen molar-refractivity contribution in [1.29, 1.82) is 0 Å². The second-order valence-corrected chi connectivity index (χ2v) is 4.47. The minimum atomic E-state index is -0.626. The van der Waals surface area contributed by atoms with Crippen LogP contribution in [0.2, 0.25) is 0 Å². The average molecular weight is 206 g/mol. The smallest absolute Gasteiger partial charge is 0.124 e. The van der Waals surface area contributed by atoms with Crippen molar-refractivity contribution in [2.75, 3.05) is 0 Å². The molecule has 15 heavy (non-hydrogen) atoms.